The third-order valence-corrected chi connectivity index (χ3v) is 9.13. The number of benzene rings is 2. The SMILES string of the molecule is CCc1cccc(CC)c1N1C(=NC(=O)COc2ccc(Cl)cc2)S[C@@H]2CS(=O)(=O)C[C@H]21. The molecule has 0 N–H and O–H groups in total. The summed E-state index contributed by atoms with van der Waals surface area (Å²) >= 11 is 7.26. The number of carbonyl (C=O) groups is 1. The number of rotatable bonds is 6. The van der Waals surface area contributed by atoms with Crippen LogP contribution in [0.25, 0.3) is 0 Å². The van der Waals surface area contributed by atoms with Crippen molar-refractivity contribution >= 4 is 50.0 Å². The highest BCUT2D eigenvalue weighted by molar-refractivity contribution is 8.16. The summed E-state index contributed by atoms with van der Waals surface area (Å²) in [6, 6.07) is 12.7. The first-order chi connectivity index (χ1) is 15.3. The number of amidine groups is 1. The Balaban J connectivity index is 1.65. The van der Waals surface area contributed by atoms with Gasteiger partial charge in [-0.2, -0.15) is 4.99 Å². The number of halogens is 1. The van der Waals surface area contributed by atoms with E-state index in [1.807, 2.05) is 11.0 Å². The van der Waals surface area contributed by atoms with Crippen LogP contribution in [0.2, 0.25) is 5.02 Å². The number of aryl methyl sites for hydroxylation is 2. The van der Waals surface area contributed by atoms with E-state index < -0.39 is 15.7 Å². The monoisotopic (exact) mass is 492 g/mol. The Hall–Kier alpha value is -2.03. The van der Waals surface area contributed by atoms with E-state index in [0.717, 1.165) is 29.7 Å². The van der Waals surface area contributed by atoms with Gasteiger partial charge in [-0.3, -0.25) is 4.79 Å². The number of sulfone groups is 1. The van der Waals surface area contributed by atoms with Gasteiger partial charge in [-0.15, -0.1) is 0 Å². The number of hydrogen-bond donors (Lipinski definition) is 0. The third kappa shape index (κ3) is 4.82. The maximum atomic E-state index is 12.7. The Morgan fingerprint density at radius 1 is 1.12 bits per heavy atom. The molecule has 170 valence electrons. The molecule has 2 atom stereocenters. The summed E-state index contributed by atoms with van der Waals surface area (Å²) in [5.41, 5.74) is 3.22. The lowest BCUT2D eigenvalue weighted by Crippen LogP contribution is -2.39. The minimum absolute atomic E-state index is 0.0698. The minimum atomic E-state index is -3.13. The lowest BCUT2D eigenvalue weighted by atomic mass is 10.0. The molecular formula is C23H25ClN2O4S2. The molecule has 0 bridgehead atoms. The van der Waals surface area contributed by atoms with Crippen molar-refractivity contribution < 1.29 is 17.9 Å². The van der Waals surface area contributed by atoms with E-state index in [1.54, 1.807) is 24.3 Å². The fourth-order valence-corrected chi connectivity index (χ4v) is 8.21. The quantitative estimate of drug-likeness (QED) is 0.603. The second-order valence-electron chi connectivity index (χ2n) is 7.83. The first kappa shape index (κ1) is 23.1. The summed E-state index contributed by atoms with van der Waals surface area (Å²) in [5, 5.41) is 0.998. The highest BCUT2D eigenvalue weighted by atomic mass is 35.5. The summed E-state index contributed by atoms with van der Waals surface area (Å²) in [6.45, 7) is 3.95. The van der Waals surface area contributed by atoms with Crippen LogP contribution in [-0.4, -0.2) is 48.9 Å². The minimum Gasteiger partial charge on any atom is -0.484 e. The number of anilines is 1. The van der Waals surface area contributed by atoms with E-state index in [-0.39, 0.29) is 29.4 Å². The zero-order chi connectivity index (χ0) is 22.9. The highest BCUT2D eigenvalue weighted by Crippen LogP contribution is 2.43. The summed E-state index contributed by atoms with van der Waals surface area (Å²) in [4.78, 5) is 19.0. The Bertz CT molecular complexity index is 1130. The van der Waals surface area contributed by atoms with E-state index in [0.29, 0.717) is 15.9 Å². The molecule has 2 aliphatic rings. The van der Waals surface area contributed by atoms with E-state index in [9.17, 15) is 13.2 Å². The predicted octanol–water partition coefficient (Wildman–Crippen LogP) is 4.15. The Labute approximate surface area is 197 Å². The lowest BCUT2D eigenvalue weighted by molar-refractivity contribution is -0.119. The van der Waals surface area contributed by atoms with Crippen molar-refractivity contribution in [2.24, 2.45) is 4.99 Å². The summed E-state index contributed by atoms with van der Waals surface area (Å²) < 4.78 is 30.3. The number of thioether (sulfide) groups is 1. The fourth-order valence-electron chi connectivity index (χ4n) is 4.17. The number of ether oxygens (including phenoxy) is 1. The van der Waals surface area contributed by atoms with Gasteiger partial charge in [0.05, 0.1) is 17.5 Å². The van der Waals surface area contributed by atoms with E-state index in [4.69, 9.17) is 16.3 Å². The first-order valence-electron chi connectivity index (χ1n) is 10.6. The van der Waals surface area contributed by atoms with Gasteiger partial charge >= 0.3 is 0 Å². The van der Waals surface area contributed by atoms with Gasteiger partial charge in [0.25, 0.3) is 5.91 Å². The highest BCUT2D eigenvalue weighted by Gasteiger charge is 2.50. The number of hydrogen-bond acceptors (Lipinski definition) is 5. The topological polar surface area (TPSA) is 76.0 Å². The van der Waals surface area contributed by atoms with Gasteiger partial charge in [0.1, 0.15) is 5.75 Å². The van der Waals surface area contributed by atoms with Crippen molar-refractivity contribution in [2.75, 3.05) is 23.0 Å². The predicted molar refractivity (Wildman–Crippen MR) is 131 cm³/mol. The van der Waals surface area contributed by atoms with Gasteiger partial charge in [-0.05, 0) is 48.2 Å². The van der Waals surface area contributed by atoms with Crippen LogP contribution in [0.5, 0.6) is 5.75 Å². The second-order valence-corrected chi connectivity index (χ2v) is 11.6. The molecule has 0 radical (unpaired) electrons. The number of carbonyl (C=O) groups excluding carboxylic acids is 1. The zero-order valence-corrected chi connectivity index (χ0v) is 20.3. The normalized spacial score (nSPS) is 22.8. The summed E-state index contributed by atoms with van der Waals surface area (Å²) in [7, 11) is -3.13. The molecule has 32 heavy (non-hydrogen) atoms. The molecule has 0 aliphatic carbocycles. The van der Waals surface area contributed by atoms with Gasteiger partial charge in [-0.1, -0.05) is 55.4 Å². The van der Waals surface area contributed by atoms with Crippen LogP contribution in [-0.2, 0) is 27.5 Å². The second kappa shape index (κ2) is 9.45. The lowest BCUT2D eigenvalue weighted by Gasteiger charge is -2.29. The molecule has 0 spiro atoms. The molecular weight excluding hydrogens is 468 g/mol. The van der Waals surface area contributed by atoms with Crippen LogP contribution >= 0.6 is 23.4 Å². The molecule has 1 amide bonds. The molecule has 0 unspecified atom stereocenters. The Kier molecular flexibility index (Phi) is 6.83. The van der Waals surface area contributed by atoms with Gasteiger partial charge in [0.2, 0.25) is 0 Å². The molecule has 6 nitrogen and oxygen atoms in total. The fraction of sp³-hybridized carbons (Fsp3) is 0.391. The Morgan fingerprint density at radius 3 is 2.41 bits per heavy atom. The van der Waals surface area contributed by atoms with Crippen LogP contribution < -0.4 is 9.64 Å². The van der Waals surface area contributed by atoms with E-state index >= 15 is 0 Å². The van der Waals surface area contributed by atoms with Crippen LogP contribution in [0.3, 0.4) is 0 Å². The average molecular weight is 493 g/mol. The van der Waals surface area contributed by atoms with Gasteiger partial charge < -0.3 is 9.64 Å². The number of amides is 1. The molecule has 2 heterocycles. The molecule has 2 aromatic rings. The number of para-hydroxylation sites is 1. The van der Waals surface area contributed by atoms with E-state index in [2.05, 4.69) is 31.0 Å². The smallest absolute Gasteiger partial charge is 0.285 e. The van der Waals surface area contributed by atoms with Gasteiger partial charge in [0, 0.05) is 16.0 Å². The van der Waals surface area contributed by atoms with Crippen molar-refractivity contribution in [3.05, 3.63) is 58.6 Å². The van der Waals surface area contributed by atoms with Crippen LogP contribution in [0.15, 0.2) is 47.5 Å². The molecule has 0 aromatic heterocycles. The van der Waals surface area contributed by atoms with Crippen LogP contribution in [0.1, 0.15) is 25.0 Å². The van der Waals surface area contributed by atoms with Crippen LogP contribution in [0, 0.1) is 0 Å². The first-order valence-corrected chi connectivity index (χ1v) is 13.7. The molecule has 2 aliphatic heterocycles. The van der Waals surface area contributed by atoms with Crippen molar-refractivity contribution in [1.82, 2.24) is 0 Å². The number of aliphatic imine (C=N–C) groups is 1. The van der Waals surface area contributed by atoms with Gasteiger partial charge in [-0.25, -0.2) is 8.42 Å². The standard InChI is InChI=1S/C23H25ClN2O4S2/c1-3-15-6-5-7-16(4-2)22(15)26-19-13-32(28,29)14-20(19)31-23(26)25-21(27)12-30-18-10-8-17(24)9-11-18/h5-11,19-20H,3-4,12-14H2,1-2H3/t19-,20-/m1/s1. The van der Waals surface area contributed by atoms with Crippen molar-refractivity contribution in [3.63, 3.8) is 0 Å². The van der Waals surface area contributed by atoms with Crippen molar-refractivity contribution in [2.45, 2.75) is 38.0 Å². The molecule has 0 saturated carbocycles. The summed E-state index contributed by atoms with van der Waals surface area (Å²) in [5.74, 6) is 0.289. The Morgan fingerprint density at radius 2 is 1.78 bits per heavy atom. The van der Waals surface area contributed by atoms with Crippen LogP contribution in [0.4, 0.5) is 5.69 Å². The molecule has 4 rings (SSSR count). The van der Waals surface area contributed by atoms with E-state index in [1.165, 1.54) is 11.8 Å². The number of nitrogens with zero attached hydrogens (tertiary/aromatic N) is 2. The zero-order valence-electron chi connectivity index (χ0n) is 18.0. The number of fused-ring (bicyclic) bond motifs is 1. The molecule has 2 aromatic carbocycles. The van der Waals surface area contributed by atoms with Crippen molar-refractivity contribution in [1.29, 1.82) is 0 Å². The third-order valence-electron chi connectivity index (χ3n) is 5.67. The maximum Gasteiger partial charge on any atom is 0.285 e. The molecule has 2 saturated heterocycles. The maximum absolute atomic E-state index is 12.7. The molecule has 2 fully saturated rings. The van der Waals surface area contributed by atoms with Crippen molar-refractivity contribution in [3.8, 4) is 5.75 Å². The van der Waals surface area contributed by atoms with Gasteiger partial charge in [0.15, 0.2) is 21.6 Å². The summed E-state index contributed by atoms with van der Waals surface area (Å²) in [6.07, 6.45) is 1.60. The largest absolute Gasteiger partial charge is 0.484 e. The molecule has 9 heteroatoms. The average Bonchev–Trinajstić information content (AvgIpc) is 3.23.